The van der Waals surface area contributed by atoms with Gasteiger partial charge in [0.1, 0.15) is 6.04 Å². The number of carbonyl (C=O) groups is 2. The second-order valence-corrected chi connectivity index (χ2v) is 4.94. The molecule has 1 aliphatic heterocycles. The first-order valence-electron chi connectivity index (χ1n) is 6.36. The number of nitrogens with one attached hydrogen (secondary N) is 1. The third kappa shape index (κ3) is 2.25. The summed E-state index contributed by atoms with van der Waals surface area (Å²) in [5.41, 5.74) is 5.48. The van der Waals surface area contributed by atoms with E-state index < -0.39 is 11.9 Å². The summed E-state index contributed by atoms with van der Waals surface area (Å²) in [6, 6.07) is -0.159. The lowest BCUT2D eigenvalue weighted by molar-refractivity contribution is -0.125. The molecular formula is C11H15N5O3. The minimum atomic E-state index is -0.441. The van der Waals surface area contributed by atoms with E-state index in [1.54, 1.807) is 0 Å². The number of nitrogen functional groups attached to an aromatic ring is 1. The van der Waals surface area contributed by atoms with Crippen molar-refractivity contribution >= 4 is 17.6 Å². The highest BCUT2D eigenvalue weighted by molar-refractivity contribution is 5.99. The van der Waals surface area contributed by atoms with E-state index in [0.717, 1.165) is 19.3 Å². The smallest absolute Gasteiger partial charge is 0.280 e. The Morgan fingerprint density at radius 3 is 2.74 bits per heavy atom. The Hall–Kier alpha value is -2.12. The summed E-state index contributed by atoms with van der Waals surface area (Å²) >= 11 is 0. The molecule has 3 N–H and O–H groups in total. The van der Waals surface area contributed by atoms with Crippen LogP contribution in [0.15, 0.2) is 4.63 Å². The Morgan fingerprint density at radius 1 is 1.32 bits per heavy atom. The summed E-state index contributed by atoms with van der Waals surface area (Å²) in [7, 11) is 0. The van der Waals surface area contributed by atoms with E-state index in [0.29, 0.717) is 13.0 Å². The molecule has 2 aliphatic rings. The molecule has 2 heterocycles. The molecule has 1 unspecified atom stereocenters. The SMILES string of the molecule is Nc1nonc1C(=O)N1CCCC1C(=O)NC1CC1. The van der Waals surface area contributed by atoms with Gasteiger partial charge in [-0.25, -0.2) is 4.63 Å². The third-order valence-electron chi connectivity index (χ3n) is 3.46. The van der Waals surface area contributed by atoms with E-state index in [-0.39, 0.29) is 23.5 Å². The Morgan fingerprint density at radius 2 is 2.11 bits per heavy atom. The Balaban J connectivity index is 1.73. The number of amides is 2. The number of anilines is 1. The standard InChI is InChI=1S/C11H15N5O3/c12-9-8(14-19-15-9)11(18)16-5-1-2-7(16)10(17)13-6-3-4-6/h6-7H,1-5H2,(H2,12,15)(H,13,17). The molecule has 2 amide bonds. The van der Waals surface area contributed by atoms with Crippen LogP contribution in [0.5, 0.6) is 0 Å². The largest absolute Gasteiger partial charge is 0.379 e. The van der Waals surface area contributed by atoms with Gasteiger partial charge in [-0.05, 0) is 36.0 Å². The molecule has 1 saturated carbocycles. The van der Waals surface area contributed by atoms with Crippen LogP contribution in [-0.2, 0) is 4.79 Å². The summed E-state index contributed by atoms with van der Waals surface area (Å²) in [6.45, 7) is 0.522. The lowest BCUT2D eigenvalue weighted by Crippen LogP contribution is -2.46. The molecule has 0 aromatic carbocycles. The molecule has 1 aromatic heterocycles. The number of hydrogen-bond donors (Lipinski definition) is 2. The van der Waals surface area contributed by atoms with Gasteiger partial charge in [0.2, 0.25) is 17.4 Å². The topological polar surface area (TPSA) is 114 Å². The monoisotopic (exact) mass is 265 g/mol. The van der Waals surface area contributed by atoms with Crippen LogP contribution in [0.2, 0.25) is 0 Å². The van der Waals surface area contributed by atoms with Crippen molar-refractivity contribution in [2.75, 3.05) is 12.3 Å². The third-order valence-corrected chi connectivity index (χ3v) is 3.46. The number of likely N-dealkylation sites (tertiary alicyclic amines) is 1. The molecule has 1 aliphatic carbocycles. The summed E-state index contributed by atoms with van der Waals surface area (Å²) in [4.78, 5) is 25.8. The molecule has 3 rings (SSSR count). The first-order chi connectivity index (χ1) is 9.16. The Bertz CT molecular complexity index is 510. The van der Waals surface area contributed by atoms with Crippen LogP contribution in [0.4, 0.5) is 5.82 Å². The number of carbonyl (C=O) groups excluding carboxylic acids is 2. The molecule has 1 aromatic rings. The fourth-order valence-electron chi connectivity index (χ4n) is 2.29. The first kappa shape index (κ1) is 11.9. The minimum absolute atomic E-state index is 0.0221. The average Bonchev–Trinajstić information content (AvgIpc) is 2.92. The van der Waals surface area contributed by atoms with Gasteiger partial charge in [-0.3, -0.25) is 9.59 Å². The van der Waals surface area contributed by atoms with E-state index in [9.17, 15) is 9.59 Å². The fraction of sp³-hybridized carbons (Fsp3) is 0.636. The minimum Gasteiger partial charge on any atom is -0.379 e. The van der Waals surface area contributed by atoms with Gasteiger partial charge in [-0.1, -0.05) is 0 Å². The molecule has 0 radical (unpaired) electrons. The summed E-state index contributed by atoms with van der Waals surface area (Å²) in [5, 5.41) is 9.79. The van der Waals surface area contributed by atoms with Crippen molar-refractivity contribution in [3.63, 3.8) is 0 Å². The van der Waals surface area contributed by atoms with Crippen LogP contribution in [-0.4, -0.2) is 45.7 Å². The number of nitrogens with zero attached hydrogens (tertiary/aromatic N) is 3. The zero-order valence-corrected chi connectivity index (χ0v) is 10.3. The van der Waals surface area contributed by atoms with Gasteiger partial charge in [-0.2, -0.15) is 0 Å². The van der Waals surface area contributed by atoms with Gasteiger partial charge in [-0.15, -0.1) is 0 Å². The molecule has 8 heteroatoms. The molecule has 1 atom stereocenters. The molecular weight excluding hydrogens is 250 g/mol. The second kappa shape index (κ2) is 4.52. The van der Waals surface area contributed by atoms with Crippen LogP contribution in [0.1, 0.15) is 36.2 Å². The molecule has 1 saturated heterocycles. The van der Waals surface area contributed by atoms with Crippen molar-refractivity contribution < 1.29 is 14.2 Å². The highest BCUT2D eigenvalue weighted by atomic mass is 16.6. The zero-order chi connectivity index (χ0) is 13.4. The summed E-state index contributed by atoms with van der Waals surface area (Å²) in [5.74, 6) is -0.533. The fourth-order valence-corrected chi connectivity index (χ4v) is 2.29. The lowest BCUT2D eigenvalue weighted by atomic mass is 10.2. The van der Waals surface area contributed by atoms with Crippen LogP contribution in [0.25, 0.3) is 0 Å². The van der Waals surface area contributed by atoms with E-state index >= 15 is 0 Å². The number of aromatic nitrogens is 2. The molecule has 19 heavy (non-hydrogen) atoms. The summed E-state index contributed by atoms with van der Waals surface area (Å²) in [6.07, 6.45) is 3.49. The van der Waals surface area contributed by atoms with Crippen molar-refractivity contribution in [2.24, 2.45) is 0 Å². The van der Waals surface area contributed by atoms with E-state index in [4.69, 9.17) is 5.73 Å². The normalized spacial score (nSPS) is 22.5. The van der Waals surface area contributed by atoms with Crippen molar-refractivity contribution in [1.82, 2.24) is 20.5 Å². The Labute approximate surface area is 109 Å². The van der Waals surface area contributed by atoms with Gasteiger partial charge in [0.05, 0.1) is 0 Å². The molecule has 102 valence electrons. The predicted octanol–water partition coefficient (Wildman–Crippen LogP) is -0.465. The maximum Gasteiger partial charge on any atom is 0.280 e. The summed E-state index contributed by atoms with van der Waals surface area (Å²) < 4.78 is 4.42. The van der Waals surface area contributed by atoms with E-state index in [2.05, 4.69) is 20.3 Å². The van der Waals surface area contributed by atoms with Crippen LogP contribution in [0, 0.1) is 0 Å². The van der Waals surface area contributed by atoms with Crippen LogP contribution >= 0.6 is 0 Å². The molecule has 0 spiro atoms. The van der Waals surface area contributed by atoms with Gasteiger partial charge in [0.15, 0.2) is 0 Å². The lowest BCUT2D eigenvalue weighted by Gasteiger charge is -2.22. The first-order valence-corrected chi connectivity index (χ1v) is 6.36. The quantitative estimate of drug-likeness (QED) is 0.764. The molecule has 8 nitrogen and oxygen atoms in total. The predicted molar refractivity (Wildman–Crippen MR) is 63.9 cm³/mol. The van der Waals surface area contributed by atoms with Crippen molar-refractivity contribution in [2.45, 2.75) is 37.8 Å². The molecule has 2 fully saturated rings. The number of rotatable bonds is 3. The highest BCUT2D eigenvalue weighted by Gasteiger charge is 2.38. The van der Waals surface area contributed by atoms with Crippen molar-refractivity contribution in [3.8, 4) is 0 Å². The average molecular weight is 265 g/mol. The highest BCUT2D eigenvalue weighted by Crippen LogP contribution is 2.24. The zero-order valence-electron chi connectivity index (χ0n) is 10.3. The molecule has 0 bridgehead atoms. The maximum absolute atomic E-state index is 12.2. The van der Waals surface area contributed by atoms with Crippen molar-refractivity contribution in [1.29, 1.82) is 0 Å². The van der Waals surface area contributed by atoms with Gasteiger partial charge < -0.3 is 16.0 Å². The van der Waals surface area contributed by atoms with Crippen LogP contribution < -0.4 is 11.1 Å². The van der Waals surface area contributed by atoms with E-state index in [1.165, 1.54) is 4.90 Å². The van der Waals surface area contributed by atoms with Crippen LogP contribution in [0.3, 0.4) is 0 Å². The second-order valence-electron chi connectivity index (χ2n) is 4.94. The van der Waals surface area contributed by atoms with Gasteiger partial charge >= 0.3 is 0 Å². The van der Waals surface area contributed by atoms with E-state index in [1.807, 2.05) is 0 Å². The van der Waals surface area contributed by atoms with Crippen molar-refractivity contribution in [3.05, 3.63) is 5.69 Å². The number of hydrogen-bond acceptors (Lipinski definition) is 6. The van der Waals surface area contributed by atoms with Gasteiger partial charge in [0, 0.05) is 12.6 Å². The maximum atomic E-state index is 12.2. The van der Waals surface area contributed by atoms with Gasteiger partial charge in [0.25, 0.3) is 5.91 Å². The Kier molecular flexibility index (Phi) is 2.84. The number of nitrogens with two attached hydrogens (primary N) is 1.